The van der Waals surface area contributed by atoms with Gasteiger partial charge in [0.1, 0.15) is 0 Å². The van der Waals surface area contributed by atoms with E-state index in [1.165, 1.54) is 71.6 Å². The topological polar surface area (TPSA) is 18.5 Å². The summed E-state index contributed by atoms with van der Waals surface area (Å²) in [5.41, 5.74) is 0. The molecule has 94 valence electrons. The van der Waals surface area contributed by atoms with Gasteiger partial charge in [0.05, 0.1) is 0 Å². The van der Waals surface area contributed by atoms with Gasteiger partial charge in [0.25, 0.3) is 0 Å². The molecule has 2 fully saturated rings. The quantitative estimate of drug-likeness (QED) is 0.770. The molecule has 3 heteroatoms. The highest BCUT2D eigenvalue weighted by molar-refractivity contribution is 4.71. The zero-order valence-corrected chi connectivity index (χ0v) is 10.7. The van der Waals surface area contributed by atoms with E-state index < -0.39 is 0 Å². The van der Waals surface area contributed by atoms with Crippen molar-refractivity contribution in [2.75, 3.05) is 52.4 Å². The molecule has 2 heterocycles. The SMILES string of the molecule is CC1CCN(CCCN2CCNCC2)CC1. The van der Waals surface area contributed by atoms with E-state index in [0.29, 0.717) is 0 Å². The number of piperazine rings is 1. The monoisotopic (exact) mass is 225 g/mol. The lowest BCUT2D eigenvalue weighted by Crippen LogP contribution is -2.44. The normalized spacial score (nSPS) is 26.1. The number of hydrogen-bond acceptors (Lipinski definition) is 3. The fourth-order valence-electron chi connectivity index (χ4n) is 2.74. The van der Waals surface area contributed by atoms with Gasteiger partial charge in [-0.2, -0.15) is 0 Å². The van der Waals surface area contributed by atoms with Crippen LogP contribution in [0.1, 0.15) is 26.2 Å². The maximum Gasteiger partial charge on any atom is 0.0107 e. The molecular weight excluding hydrogens is 198 g/mol. The largest absolute Gasteiger partial charge is 0.314 e. The minimum absolute atomic E-state index is 0.962. The molecule has 0 spiro atoms. The number of hydrogen-bond donors (Lipinski definition) is 1. The fraction of sp³-hybridized carbons (Fsp3) is 1.00. The second-order valence-electron chi connectivity index (χ2n) is 5.47. The molecule has 0 amide bonds. The fourth-order valence-corrected chi connectivity index (χ4v) is 2.74. The summed E-state index contributed by atoms with van der Waals surface area (Å²) in [6.45, 7) is 12.5. The summed E-state index contributed by atoms with van der Waals surface area (Å²) in [4.78, 5) is 5.26. The van der Waals surface area contributed by atoms with Crippen LogP contribution in [0, 0.1) is 5.92 Å². The Kier molecular flexibility index (Phi) is 5.07. The third-order valence-corrected chi connectivity index (χ3v) is 4.03. The van der Waals surface area contributed by atoms with Gasteiger partial charge in [0.2, 0.25) is 0 Å². The average molecular weight is 225 g/mol. The molecule has 0 aromatic carbocycles. The second-order valence-corrected chi connectivity index (χ2v) is 5.47. The Labute approximate surface area is 100 Å². The lowest BCUT2D eigenvalue weighted by Gasteiger charge is -2.32. The first-order chi connectivity index (χ1) is 7.84. The Morgan fingerprint density at radius 3 is 2.12 bits per heavy atom. The highest BCUT2D eigenvalue weighted by Gasteiger charge is 2.15. The van der Waals surface area contributed by atoms with Crippen LogP contribution in [0.2, 0.25) is 0 Å². The van der Waals surface area contributed by atoms with Gasteiger partial charge in [0, 0.05) is 26.2 Å². The summed E-state index contributed by atoms with van der Waals surface area (Å²) in [6.07, 6.45) is 4.18. The van der Waals surface area contributed by atoms with Crippen LogP contribution in [0.25, 0.3) is 0 Å². The van der Waals surface area contributed by atoms with Gasteiger partial charge in [-0.05, 0) is 51.4 Å². The zero-order chi connectivity index (χ0) is 11.2. The van der Waals surface area contributed by atoms with Crippen molar-refractivity contribution in [1.29, 1.82) is 0 Å². The molecule has 1 N–H and O–H groups in total. The average Bonchev–Trinajstić information content (AvgIpc) is 2.33. The molecule has 0 unspecified atom stereocenters. The van der Waals surface area contributed by atoms with Crippen LogP contribution in [0.3, 0.4) is 0 Å². The summed E-state index contributed by atoms with van der Waals surface area (Å²) in [7, 11) is 0. The molecular formula is C13H27N3. The number of rotatable bonds is 4. The third kappa shape index (κ3) is 4.04. The Morgan fingerprint density at radius 1 is 0.938 bits per heavy atom. The Morgan fingerprint density at radius 2 is 1.50 bits per heavy atom. The van der Waals surface area contributed by atoms with E-state index in [1.54, 1.807) is 0 Å². The molecule has 0 atom stereocenters. The third-order valence-electron chi connectivity index (χ3n) is 4.03. The number of piperidine rings is 1. The lowest BCUT2D eigenvalue weighted by molar-refractivity contribution is 0.172. The summed E-state index contributed by atoms with van der Waals surface area (Å²) in [6, 6.07) is 0. The lowest BCUT2D eigenvalue weighted by atomic mass is 9.99. The summed E-state index contributed by atoms with van der Waals surface area (Å²) < 4.78 is 0. The molecule has 0 aromatic rings. The zero-order valence-electron chi connectivity index (χ0n) is 10.7. The Balaban J connectivity index is 1.53. The predicted octanol–water partition coefficient (Wildman–Crippen LogP) is 1.01. The predicted molar refractivity (Wildman–Crippen MR) is 68.8 cm³/mol. The van der Waals surface area contributed by atoms with Gasteiger partial charge in [0.15, 0.2) is 0 Å². The molecule has 2 saturated heterocycles. The van der Waals surface area contributed by atoms with Gasteiger partial charge in [-0.3, -0.25) is 0 Å². The first kappa shape index (κ1) is 12.3. The first-order valence-electron chi connectivity index (χ1n) is 7.00. The van der Waals surface area contributed by atoms with Crippen molar-refractivity contribution in [3.8, 4) is 0 Å². The maximum absolute atomic E-state index is 3.41. The second kappa shape index (κ2) is 6.58. The van der Waals surface area contributed by atoms with Gasteiger partial charge < -0.3 is 15.1 Å². The molecule has 2 aliphatic rings. The number of nitrogens with zero attached hydrogens (tertiary/aromatic N) is 2. The van der Waals surface area contributed by atoms with E-state index in [9.17, 15) is 0 Å². The molecule has 0 radical (unpaired) electrons. The van der Waals surface area contributed by atoms with E-state index in [-0.39, 0.29) is 0 Å². The van der Waals surface area contributed by atoms with E-state index >= 15 is 0 Å². The molecule has 3 nitrogen and oxygen atoms in total. The molecule has 2 rings (SSSR count). The Bertz CT molecular complexity index is 182. The van der Waals surface area contributed by atoms with Crippen molar-refractivity contribution in [2.45, 2.75) is 26.2 Å². The van der Waals surface area contributed by atoms with Crippen LogP contribution in [0.4, 0.5) is 0 Å². The standard InChI is InChI=1S/C13H27N3/c1-13-3-9-15(10-4-13)7-2-8-16-11-5-14-6-12-16/h13-14H,2-12H2,1H3. The van der Waals surface area contributed by atoms with E-state index in [0.717, 1.165) is 5.92 Å². The van der Waals surface area contributed by atoms with Gasteiger partial charge >= 0.3 is 0 Å². The Hall–Kier alpha value is -0.120. The maximum atomic E-state index is 3.41. The highest BCUT2D eigenvalue weighted by atomic mass is 15.2. The van der Waals surface area contributed by atoms with Crippen LogP contribution < -0.4 is 5.32 Å². The van der Waals surface area contributed by atoms with E-state index in [4.69, 9.17) is 0 Å². The van der Waals surface area contributed by atoms with Gasteiger partial charge in [-0.1, -0.05) is 6.92 Å². The molecule has 0 aromatic heterocycles. The molecule has 0 aliphatic carbocycles. The summed E-state index contributed by atoms with van der Waals surface area (Å²) >= 11 is 0. The van der Waals surface area contributed by atoms with Crippen molar-refractivity contribution in [3.05, 3.63) is 0 Å². The molecule has 0 bridgehead atoms. The highest BCUT2D eigenvalue weighted by Crippen LogP contribution is 2.15. The minimum Gasteiger partial charge on any atom is -0.314 e. The smallest absolute Gasteiger partial charge is 0.0107 e. The van der Waals surface area contributed by atoms with Crippen molar-refractivity contribution < 1.29 is 0 Å². The van der Waals surface area contributed by atoms with Gasteiger partial charge in [-0.15, -0.1) is 0 Å². The molecule has 2 aliphatic heterocycles. The van der Waals surface area contributed by atoms with Crippen molar-refractivity contribution in [1.82, 2.24) is 15.1 Å². The van der Waals surface area contributed by atoms with Crippen LogP contribution in [0.5, 0.6) is 0 Å². The van der Waals surface area contributed by atoms with Crippen LogP contribution in [0.15, 0.2) is 0 Å². The minimum atomic E-state index is 0.962. The summed E-state index contributed by atoms with van der Waals surface area (Å²) in [5, 5.41) is 3.41. The molecule has 16 heavy (non-hydrogen) atoms. The summed E-state index contributed by atoms with van der Waals surface area (Å²) in [5.74, 6) is 0.962. The van der Waals surface area contributed by atoms with Crippen molar-refractivity contribution in [2.24, 2.45) is 5.92 Å². The van der Waals surface area contributed by atoms with E-state index in [2.05, 4.69) is 22.0 Å². The number of nitrogens with one attached hydrogen (secondary N) is 1. The number of likely N-dealkylation sites (tertiary alicyclic amines) is 1. The van der Waals surface area contributed by atoms with E-state index in [1.807, 2.05) is 0 Å². The van der Waals surface area contributed by atoms with Gasteiger partial charge in [-0.25, -0.2) is 0 Å². The van der Waals surface area contributed by atoms with Crippen molar-refractivity contribution >= 4 is 0 Å². The first-order valence-corrected chi connectivity index (χ1v) is 7.00. The van der Waals surface area contributed by atoms with Crippen LogP contribution in [-0.4, -0.2) is 62.2 Å². The van der Waals surface area contributed by atoms with Crippen molar-refractivity contribution in [3.63, 3.8) is 0 Å². The van der Waals surface area contributed by atoms with Crippen LogP contribution >= 0.6 is 0 Å². The van der Waals surface area contributed by atoms with Crippen LogP contribution in [-0.2, 0) is 0 Å². The molecule has 0 saturated carbocycles.